The maximum Gasteiger partial charge on any atom is 0.133 e. The van der Waals surface area contributed by atoms with Crippen molar-refractivity contribution in [3.8, 4) is 46.0 Å². The highest BCUT2D eigenvalue weighted by molar-refractivity contribution is 5.65. The first-order valence-corrected chi connectivity index (χ1v) is 16.9. The molecule has 0 amide bonds. The van der Waals surface area contributed by atoms with Crippen molar-refractivity contribution in [3.63, 3.8) is 0 Å². The molecule has 4 aromatic carbocycles. The summed E-state index contributed by atoms with van der Waals surface area (Å²) in [6.45, 7) is 12.9. The summed E-state index contributed by atoms with van der Waals surface area (Å²) in [5, 5.41) is 24.1. The number of aromatic hydroxyl groups is 2. The summed E-state index contributed by atoms with van der Waals surface area (Å²) in [5.41, 5.74) is 7.62. The molecular formula is C42H52O8. The van der Waals surface area contributed by atoms with E-state index in [-0.39, 0.29) is 22.3 Å². The van der Waals surface area contributed by atoms with Gasteiger partial charge in [0.25, 0.3) is 0 Å². The zero-order valence-electron chi connectivity index (χ0n) is 31.6. The van der Waals surface area contributed by atoms with E-state index in [0.717, 1.165) is 55.6 Å². The first-order chi connectivity index (χ1) is 23.6. The van der Waals surface area contributed by atoms with Crippen LogP contribution in [-0.4, -0.2) is 52.9 Å². The molecule has 2 N–H and O–H groups in total. The van der Waals surface area contributed by atoms with Crippen LogP contribution in [0.1, 0.15) is 97.2 Å². The minimum absolute atomic E-state index is 0.172. The number of phenols is 2. The van der Waals surface area contributed by atoms with E-state index in [1.807, 2.05) is 12.1 Å². The van der Waals surface area contributed by atoms with Gasteiger partial charge in [-0.1, -0.05) is 65.8 Å². The van der Waals surface area contributed by atoms with Crippen molar-refractivity contribution in [1.82, 2.24) is 0 Å². The molecule has 0 heterocycles. The van der Waals surface area contributed by atoms with E-state index in [9.17, 15) is 10.2 Å². The molecule has 268 valence electrons. The molecule has 8 heteroatoms. The van der Waals surface area contributed by atoms with Gasteiger partial charge < -0.3 is 38.6 Å². The summed E-state index contributed by atoms with van der Waals surface area (Å²) in [6.07, 6.45) is 1.25. The average molecular weight is 685 g/mol. The molecule has 50 heavy (non-hydrogen) atoms. The lowest BCUT2D eigenvalue weighted by Crippen LogP contribution is -2.14. The second-order valence-corrected chi connectivity index (χ2v) is 15.0. The zero-order chi connectivity index (χ0) is 36.7. The maximum atomic E-state index is 12.1. The van der Waals surface area contributed by atoms with Crippen LogP contribution in [0.3, 0.4) is 0 Å². The third-order valence-corrected chi connectivity index (χ3v) is 9.83. The van der Waals surface area contributed by atoms with Crippen LogP contribution in [0.25, 0.3) is 0 Å². The SMILES string of the molecule is COc1cc(OC)c2c(OC)c1Cc1cc(C(C)(C)C)cc(c1O)Cc1c(OC)cc(OC)c(c1OC)Cc1cc(C(C)(C)C)cc(c1O)C2. The Bertz CT molecular complexity index is 1660. The zero-order valence-corrected chi connectivity index (χ0v) is 31.6. The standard InChI is InChI=1S/C42H52O8/c1-41(2,3)27-13-23-17-29-33(45-7)21-35(47-9)31(39(29)49-11)19-25-15-28(42(4,5)6)16-26(38(25)44)20-32-36(48-10)22-34(46-8)30(40(32)50-12)18-24(14-27)37(23)43/h13-16,21-22,43-44H,17-20H2,1-12H3. The molecule has 4 aromatic rings. The molecule has 0 radical (unpaired) electrons. The first kappa shape index (κ1) is 36.6. The Balaban J connectivity index is 1.96. The van der Waals surface area contributed by atoms with Crippen LogP contribution in [0.5, 0.6) is 46.0 Å². The number of ether oxygens (including phenoxy) is 6. The highest BCUT2D eigenvalue weighted by atomic mass is 16.5. The molecule has 0 atom stereocenters. The normalized spacial score (nSPS) is 13.0. The van der Waals surface area contributed by atoms with Crippen LogP contribution in [0, 0.1) is 0 Å². The number of methoxy groups -OCH3 is 6. The molecule has 0 fully saturated rings. The fourth-order valence-corrected chi connectivity index (χ4v) is 6.98. The van der Waals surface area contributed by atoms with Crippen LogP contribution < -0.4 is 28.4 Å². The average Bonchev–Trinajstić information content (AvgIpc) is 3.06. The summed E-state index contributed by atoms with van der Waals surface area (Å²) in [4.78, 5) is 0. The van der Waals surface area contributed by atoms with Crippen molar-refractivity contribution in [2.75, 3.05) is 42.7 Å². The molecule has 0 saturated carbocycles. The first-order valence-electron chi connectivity index (χ1n) is 16.9. The summed E-state index contributed by atoms with van der Waals surface area (Å²) in [5.74, 6) is 3.78. The lowest BCUT2D eigenvalue weighted by atomic mass is 9.81. The van der Waals surface area contributed by atoms with Crippen LogP contribution in [-0.2, 0) is 36.5 Å². The van der Waals surface area contributed by atoms with Crippen molar-refractivity contribution in [1.29, 1.82) is 0 Å². The van der Waals surface area contributed by atoms with Crippen molar-refractivity contribution < 1.29 is 38.6 Å². The summed E-state index contributed by atoms with van der Waals surface area (Å²) < 4.78 is 36.1. The molecule has 1 aliphatic carbocycles. The largest absolute Gasteiger partial charge is 0.507 e. The summed E-state index contributed by atoms with van der Waals surface area (Å²) >= 11 is 0. The highest BCUT2D eigenvalue weighted by Crippen LogP contribution is 2.48. The molecule has 0 aromatic heterocycles. The predicted octanol–water partition coefficient (Wildman–Crippen LogP) is 8.42. The molecule has 0 unspecified atom stereocenters. The minimum atomic E-state index is -0.221. The Morgan fingerprint density at radius 2 is 0.640 bits per heavy atom. The van der Waals surface area contributed by atoms with Crippen molar-refractivity contribution >= 4 is 0 Å². The fraction of sp³-hybridized carbons (Fsp3) is 0.429. The maximum absolute atomic E-state index is 12.1. The summed E-state index contributed by atoms with van der Waals surface area (Å²) in [6, 6.07) is 12.0. The Kier molecular flexibility index (Phi) is 10.2. The Labute approximate surface area is 296 Å². The van der Waals surface area contributed by atoms with Gasteiger partial charge in [-0.05, 0) is 44.2 Å². The molecule has 0 aliphatic heterocycles. The van der Waals surface area contributed by atoms with Crippen LogP contribution in [0.2, 0.25) is 0 Å². The second kappa shape index (κ2) is 13.9. The van der Waals surface area contributed by atoms with E-state index in [4.69, 9.17) is 28.4 Å². The van der Waals surface area contributed by atoms with Crippen LogP contribution >= 0.6 is 0 Å². The minimum Gasteiger partial charge on any atom is -0.507 e. The van der Waals surface area contributed by atoms with Gasteiger partial charge in [0, 0.05) is 60.1 Å². The lowest BCUT2D eigenvalue weighted by Gasteiger charge is -2.27. The third-order valence-electron chi connectivity index (χ3n) is 9.83. The van der Waals surface area contributed by atoms with Gasteiger partial charge in [0.2, 0.25) is 0 Å². The van der Waals surface area contributed by atoms with Gasteiger partial charge in [0.05, 0.1) is 42.7 Å². The molecule has 5 rings (SSSR count). The van der Waals surface area contributed by atoms with Gasteiger partial charge in [-0.2, -0.15) is 0 Å². The van der Waals surface area contributed by atoms with Gasteiger partial charge >= 0.3 is 0 Å². The number of fused-ring (bicyclic) bond motifs is 8. The summed E-state index contributed by atoms with van der Waals surface area (Å²) in [7, 11) is 9.72. The van der Waals surface area contributed by atoms with E-state index in [0.29, 0.717) is 60.2 Å². The van der Waals surface area contributed by atoms with Gasteiger partial charge in [-0.25, -0.2) is 0 Å². The van der Waals surface area contributed by atoms with Crippen molar-refractivity contribution in [2.45, 2.75) is 78.1 Å². The quantitative estimate of drug-likeness (QED) is 0.184. The molecular weight excluding hydrogens is 632 g/mol. The molecule has 8 bridgehead atoms. The van der Waals surface area contributed by atoms with Gasteiger partial charge in [-0.3, -0.25) is 0 Å². The third kappa shape index (κ3) is 6.72. The predicted molar refractivity (Wildman–Crippen MR) is 197 cm³/mol. The van der Waals surface area contributed by atoms with E-state index >= 15 is 0 Å². The van der Waals surface area contributed by atoms with Crippen LogP contribution in [0.15, 0.2) is 36.4 Å². The van der Waals surface area contributed by atoms with E-state index in [2.05, 4.69) is 65.8 Å². The molecule has 0 spiro atoms. The molecule has 1 aliphatic rings. The van der Waals surface area contributed by atoms with E-state index in [1.54, 1.807) is 42.7 Å². The highest BCUT2D eigenvalue weighted by Gasteiger charge is 2.29. The monoisotopic (exact) mass is 684 g/mol. The lowest BCUT2D eigenvalue weighted by molar-refractivity contribution is 0.363. The number of benzene rings is 4. The Morgan fingerprint density at radius 3 is 0.820 bits per heavy atom. The molecule has 0 saturated heterocycles. The number of rotatable bonds is 6. The number of phenolic OH excluding ortho intramolecular Hbond substituents is 2. The topological polar surface area (TPSA) is 95.8 Å². The van der Waals surface area contributed by atoms with Gasteiger partial charge in [0.15, 0.2) is 0 Å². The van der Waals surface area contributed by atoms with Gasteiger partial charge in [0.1, 0.15) is 46.0 Å². The van der Waals surface area contributed by atoms with E-state index < -0.39 is 0 Å². The van der Waals surface area contributed by atoms with E-state index in [1.165, 1.54) is 0 Å². The Hall–Kier alpha value is -4.72. The fourth-order valence-electron chi connectivity index (χ4n) is 6.98. The molecule has 8 nitrogen and oxygen atoms in total. The van der Waals surface area contributed by atoms with Crippen LogP contribution in [0.4, 0.5) is 0 Å². The van der Waals surface area contributed by atoms with Crippen molar-refractivity contribution in [2.24, 2.45) is 0 Å². The second-order valence-electron chi connectivity index (χ2n) is 15.0. The smallest absolute Gasteiger partial charge is 0.133 e. The van der Waals surface area contributed by atoms with Gasteiger partial charge in [-0.15, -0.1) is 0 Å². The van der Waals surface area contributed by atoms with Crippen molar-refractivity contribution in [3.05, 3.63) is 92.0 Å². The Morgan fingerprint density at radius 1 is 0.400 bits per heavy atom. The number of hydrogen-bond donors (Lipinski definition) is 2. The number of hydrogen-bond acceptors (Lipinski definition) is 8.